The van der Waals surface area contributed by atoms with E-state index in [-0.39, 0.29) is 5.54 Å². The van der Waals surface area contributed by atoms with Crippen molar-refractivity contribution in [3.05, 3.63) is 203 Å². The first-order chi connectivity index (χ1) is 32.2. The van der Waals surface area contributed by atoms with Gasteiger partial charge in [-0.25, -0.2) is 8.42 Å². The van der Waals surface area contributed by atoms with E-state index in [1.807, 2.05) is 36.7 Å². The normalized spacial score (nSPS) is 21.4. The van der Waals surface area contributed by atoms with Crippen LogP contribution >= 0.6 is 0 Å². The molecule has 0 amide bonds. The number of piperidine rings is 1. The van der Waals surface area contributed by atoms with Crippen molar-refractivity contribution >= 4 is 32.4 Å². The standard InChI is InChI=1S/C48H43N4.2CHF3O3S/c1-4-28-50-45(11-1)39-20-15-36(16-21-39)13-14-38-33-42-25-24-41-9-7-31-52-30-6-3-27-48(52,47(41)44(42)35-49-34-38)43(10-8-32-52)26-19-37-17-22-40(23-18-37)46-12-2-5-29-51-46;2*2-1(3,4)8(5,6)7/h1-2,4-5,7-8,10-23,26,28-29,31-35,49H,3,6,9,24-25,27,30H2;2*(H,5,6,7)/q+1;;/p-1/b14-13+,26-19+;;. The van der Waals surface area contributed by atoms with E-state index in [0.29, 0.717) is 0 Å². The first-order valence-electron chi connectivity index (χ1n) is 21.2. The molecule has 5 aliphatic rings. The predicted molar refractivity (Wildman–Crippen MR) is 247 cm³/mol. The molecule has 4 aliphatic heterocycles. The third-order valence-corrected chi connectivity index (χ3v) is 13.2. The summed E-state index contributed by atoms with van der Waals surface area (Å²) in [7, 11) is -11.9. The monoisotopic (exact) mass is 974 g/mol. The molecule has 6 heterocycles. The van der Waals surface area contributed by atoms with Crippen LogP contribution in [0.3, 0.4) is 0 Å². The summed E-state index contributed by atoms with van der Waals surface area (Å²) in [4.78, 5) is 9.04. The molecule has 10 nitrogen and oxygen atoms in total. The Bertz CT molecular complexity index is 2970. The molecule has 0 spiro atoms. The number of benzene rings is 2. The number of fused-ring (bicyclic) bond motifs is 2. The molecule has 9 rings (SSSR count). The molecule has 0 bridgehead atoms. The highest BCUT2D eigenvalue weighted by Crippen LogP contribution is 2.57. The number of rotatable bonds is 6. The second-order valence-electron chi connectivity index (χ2n) is 16.2. The van der Waals surface area contributed by atoms with Gasteiger partial charge in [0.1, 0.15) is 6.20 Å². The summed E-state index contributed by atoms with van der Waals surface area (Å²) in [6, 6.07) is 29.5. The number of nitrogens with zero attached hydrogens (tertiary/aromatic N) is 3. The molecule has 1 aliphatic carbocycles. The Balaban J connectivity index is 0.000000368. The number of aromatic nitrogens is 2. The third kappa shape index (κ3) is 11.0. The number of hydrogen-bond acceptors (Lipinski definition) is 8. The number of quaternary nitrogens is 1. The molecule has 2 aromatic carbocycles. The number of allylic oxidation sites excluding steroid dienone is 8. The largest absolute Gasteiger partial charge is 0.741 e. The summed E-state index contributed by atoms with van der Waals surface area (Å²) in [5, 5.41) is 3.64. The van der Waals surface area contributed by atoms with Crippen molar-refractivity contribution in [2.75, 3.05) is 6.54 Å². The maximum absolute atomic E-state index is 10.7. The quantitative estimate of drug-likeness (QED) is 0.0833. The van der Waals surface area contributed by atoms with Crippen LogP contribution in [0.25, 0.3) is 34.7 Å². The minimum atomic E-state index is -6.09. The molecule has 2 atom stereocenters. The SMILES string of the molecule is C1=C[N+]23C=CCC4=C(C5=CNC=C(/C=C/c6ccc(-c7ccccn7)cc6)C=C5CC4)C2(CCCC3)C(/C=C/c2ccc(-c3ccccn3)cc2)=C1.O=S(=O)(O)C(F)(F)F.O=S(=O)([O-])C(F)(F)F. The molecular weight excluding hydrogens is 931 g/mol. The highest BCUT2D eigenvalue weighted by Gasteiger charge is 2.59. The molecule has 0 saturated carbocycles. The van der Waals surface area contributed by atoms with Crippen molar-refractivity contribution in [2.45, 2.75) is 55.1 Å². The van der Waals surface area contributed by atoms with Crippen LogP contribution in [-0.2, 0) is 20.2 Å². The van der Waals surface area contributed by atoms with Crippen LogP contribution < -0.4 is 5.32 Å². The zero-order chi connectivity index (χ0) is 48.8. The Hall–Kier alpha value is -6.44. The second-order valence-corrected chi connectivity index (χ2v) is 19.0. The highest BCUT2D eigenvalue weighted by atomic mass is 32.2. The fraction of sp³-hybridized carbons (Fsp3) is 0.200. The zero-order valence-corrected chi connectivity index (χ0v) is 37.7. The van der Waals surface area contributed by atoms with Crippen molar-refractivity contribution in [3.8, 4) is 22.5 Å². The van der Waals surface area contributed by atoms with Crippen LogP contribution in [0.4, 0.5) is 26.3 Å². The molecular formula is C50H44F6N4O6S2. The molecule has 1 saturated heterocycles. The predicted octanol–water partition coefficient (Wildman–Crippen LogP) is 11.5. The van der Waals surface area contributed by atoms with Gasteiger partial charge in [-0.3, -0.25) is 19.0 Å². The number of hydrogen-bond donors (Lipinski definition) is 2. The fourth-order valence-electron chi connectivity index (χ4n) is 8.95. The summed E-state index contributed by atoms with van der Waals surface area (Å²) in [6.07, 6.45) is 38.6. The van der Waals surface area contributed by atoms with E-state index >= 15 is 0 Å². The lowest BCUT2D eigenvalue weighted by molar-refractivity contribution is -0.877. The van der Waals surface area contributed by atoms with Crippen molar-refractivity contribution in [1.29, 1.82) is 0 Å². The zero-order valence-electron chi connectivity index (χ0n) is 36.0. The molecule has 2 aromatic heterocycles. The summed E-state index contributed by atoms with van der Waals surface area (Å²) in [5.41, 5.74) is 3.78. The van der Waals surface area contributed by atoms with Gasteiger partial charge in [0.2, 0.25) is 0 Å². The smallest absolute Gasteiger partial charge is 0.522 e. The van der Waals surface area contributed by atoms with Gasteiger partial charge in [0.15, 0.2) is 15.7 Å². The lowest BCUT2D eigenvalue weighted by Crippen LogP contribution is -2.63. The maximum Gasteiger partial charge on any atom is 0.522 e. The van der Waals surface area contributed by atoms with Gasteiger partial charge < -0.3 is 9.87 Å². The highest BCUT2D eigenvalue weighted by molar-refractivity contribution is 7.86. The number of nitrogens with one attached hydrogen (secondary N) is 1. The Morgan fingerprint density at radius 1 is 0.721 bits per heavy atom. The first kappa shape index (κ1) is 49.5. The Labute approximate surface area is 390 Å². The summed E-state index contributed by atoms with van der Waals surface area (Å²) >= 11 is 0. The lowest BCUT2D eigenvalue weighted by Gasteiger charge is -2.55. The van der Waals surface area contributed by atoms with Crippen LogP contribution in [-0.4, -0.2) is 63.5 Å². The summed E-state index contributed by atoms with van der Waals surface area (Å²) < 4.78 is 117. The van der Waals surface area contributed by atoms with Gasteiger partial charge in [-0.1, -0.05) is 90.5 Å². The van der Waals surface area contributed by atoms with Crippen LogP contribution in [0, 0.1) is 0 Å². The average molecular weight is 975 g/mol. The topological polar surface area (TPSA) is 149 Å². The van der Waals surface area contributed by atoms with E-state index in [9.17, 15) is 26.3 Å². The molecule has 0 radical (unpaired) electrons. The Morgan fingerprint density at radius 3 is 1.82 bits per heavy atom. The average Bonchev–Trinajstić information content (AvgIpc) is 3.61. The van der Waals surface area contributed by atoms with E-state index in [1.165, 1.54) is 51.8 Å². The summed E-state index contributed by atoms with van der Waals surface area (Å²) in [6.45, 7) is 1.11. The Morgan fingerprint density at radius 2 is 1.29 bits per heavy atom. The van der Waals surface area contributed by atoms with Crippen LogP contribution in [0.2, 0.25) is 0 Å². The second kappa shape index (κ2) is 20.0. The molecule has 68 heavy (non-hydrogen) atoms. The maximum atomic E-state index is 10.7. The van der Waals surface area contributed by atoms with Crippen LogP contribution in [0.15, 0.2) is 192 Å². The van der Waals surface area contributed by atoms with E-state index in [1.54, 1.807) is 5.57 Å². The van der Waals surface area contributed by atoms with Gasteiger partial charge >= 0.3 is 21.1 Å². The molecule has 4 aromatic rings. The minimum absolute atomic E-state index is 0.178. The van der Waals surface area contributed by atoms with Gasteiger partial charge in [0.05, 0.1) is 24.1 Å². The number of halogens is 6. The van der Waals surface area contributed by atoms with Gasteiger partial charge in [-0.2, -0.15) is 34.8 Å². The molecule has 2 N–H and O–H groups in total. The van der Waals surface area contributed by atoms with E-state index in [4.69, 9.17) is 25.9 Å². The number of pyridine rings is 2. The van der Waals surface area contributed by atoms with Gasteiger partial charge in [0.25, 0.3) is 0 Å². The number of alkyl halides is 6. The van der Waals surface area contributed by atoms with Gasteiger partial charge in [-0.05, 0) is 103 Å². The van der Waals surface area contributed by atoms with Crippen LogP contribution in [0.5, 0.6) is 0 Å². The lowest BCUT2D eigenvalue weighted by atomic mass is 9.64. The van der Waals surface area contributed by atoms with Gasteiger partial charge in [0, 0.05) is 59.1 Å². The third-order valence-electron chi connectivity index (χ3n) is 12.0. The van der Waals surface area contributed by atoms with E-state index < -0.39 is 31.3 Å². The minimum Gasteiger partial charge on any atom is -0.741 e. The molecule has 354 valence electrons. The van der Waals surface area contributed by atoms with Crippen molar-refractivity contribution < 1.29 is 56.8 Å². The van der Waals surface area contributed by atoms with E-state index in [0.717, 1.165) is 59.2 Å². The van der Waals surface area contributed by atoms with Crippen molar-refractivity contribution in [2.24, 2.45) is 0 Å². The van der Waals surface area contributed by atoms with E-state index in [2.05, 4.69) is 149 Å². The molecule has 18 heteroatoms. The molecule has 1 fully saturated rings. The van der Waals surface area contributed by atoms with Gasteiger partial charge in [-0.15, -0.1) is 0 Å². The van der Waals surface area contributed by atoms with Crippen molar-refractivity contribution in [1.82, 2.24) is 15.3 Å². The first-order valence-corrected chi connectivity index (χ1v) is 24.1. The summed E-state index contributed by atoms with van der Waals surface area (Å²) in [5.74, 6) is 0. The van der Waals surface area contributed by atoms with Crippen molar-refractivity contribution in [3.63, 3.8) is 0 Å². The van der Waals surface area contributed by atoms with Crippen LogP contribution in [0.1, 0.15) is 49.7 Å². The Kier molecular flexibility index (Phi) is 14.6. The molecule has 2 unspecified atom stereocenters. The fourth-order valence-corrected chi connectivity index (χ4v) is 8.95.